The second-order valence-corrected chi connectivity index (χ2v) is 7.35. The Morgan fingerprint density at radius 2 is 1.52 bits per heavy atom. The van der Waals surface area contributed by atoms with E-state index in [0.29, 0.717) is 6.17 Å². The van der Waals surface area contributed by atoms with E-state index in [1.807, 2.05) is 0 Å². The van der Waals surface area contributed by atoms with Crippen molar-refractivity contribution in [1.29, 1.82) is 0 Å². The van der Waals surface area contributed by atoms with Crippen LogP contribution in [0.25, 0.3) is 27.5 Å². The summed E-state index contributed by atoms with van der Waals surface area (Å²) < 4.78 is 2.38. The largest absolute Gasteiger partial charge is 0.359 e. The molecule has 2 heterocycles. The summed E-state index contributed by atoms with van der Waals surface area (Å²) in [4.78, 5) is 4.58. The average molecular weight is 353 g/mol. The molecule has 1 atom stereocenters. The molecule has 0 spiro atoms. The number of aryl methyl sites for hydroxylation is 1. The molecule has 27 heavy (non-hydrogen) atoms. The lowest BCUT2D eigenvalue weighted by molar-refractivity contribution is 0.383. The summed E-state index contributed by atoms with van der Waals surface area (Å²) in [5, 5.41) is 2.60. The first-order valence-corrected chi connectivity index (χ1v) is 9.43. The molecule has 0 saturated heterocycles. The number of anilines is 1. The zero-order valence-corrected chi connectivity index (χ0v) is 15.9. The van der Waals surface area contributed by atoms with Crippen molar-refractivity contribution in [3.05, 3.63) is 84.7 Å². The van der Waals surface area contributed by atoms with E-state index in [-0.39, 0.29) is 0 Å². The maximum absolute atomic E-state index is 2.38. The molecule has 0 aliphatic carbocycles. The smallest absolute Gasteiger partial charge is 0.102 e. The van der Waals surface area contributed by atoms with Crippen molar-refractivity contribution in [2.75, 3.05) is 11.9 Å². The molecule has 0 unspecified atom stereocenters. The fraction of sp³-hybridized carbons (Fsp3) is 0.167. The molecule has 1 aliphatic rings. The summed E-state index contributed by atoms with van der Waals surface area (Å²) in [5.74, 6) is 0. The molecular formula is C24H23N3. The summed E-state index contributed by atoms with van der Waals surface area (Å²) in [6.45, 7) is 4.44. The molecule has 3 aromatic carbocycles. The Morgan fingerprint density at radius 1 is 0.778 bits per heavy atom. The highest BCUT2D eigenvalue weighted by Crippen LogP contribution is 2.37. The van der Waals surface area contributed by atoms with Gasteiger partial charge in [0.1, 0.15) is 6.17 Å². The van der Waals surface area contributed by atoms with Crippen molar-refractivity contribution < 1.29 is 0 Å². The molecule has 0 bridgehead atoms. The number of para-hydroxylation sites is 2. The predicted octanol–water partition coefficient (Wildman–Crippen LogP) is 5.66. The van der Waals surface area contributed by atoms with E-state index in [9.17, 15) is 0 Å². The Hall–Kier alpha value is -3.20. The zero-order valence-electron chi connectivity index (χ0n) is 15.9. The Balaban J connectivity index is 1.84. The monoisotopic (exact) mass is 353 g/mol. The van der Waals surface area contributed by atoms with Crippen molar-refractivity contribution in [2.45, 2.75) is 20.0 Å². The van der Waals surface area contributed by atoms with Gasteiger partial charge in [0.25, 0.3) is 0 Å². The topological polar surface area (TPSA) is 11.4 Å². The van der Waals surface area contributed by atoms with E-state index in [1.165, 1.54) is 38.7 Å². The Kier molecular flexibility index (Phi) is 3.51. The first-order valence-electron chi connectivity index (χ1n) is 9.43. The molecule has 0 N–H and O–H groups in total. The highest BCUT2D eigenvalue weighted by atomic mass is 15.4. The van der Waals surface area contributed by atoms with Gasteiger partial charge in [-0.3, -0.25) is 0 Å². The van der Waals surface area contributed by atoms with Gasteiger partial charge in [-0.25, -0.2) is 0 Å². The number of hydrogen-bond donors (Lipinski definition) is 0. The molecule has 134 valence electrons. The van der Waals surface area contributed by atoms with Gasteiger partial charge in [0.2, 0.25) is 0 Å². The maximum Gasteiger partial charge on any atom is 0.102 e. The predicted molar refractivity (Wildman–Crippen MR) is 114 cm³/mol. The third-order valence-electron chi connectivity index (χ3n) is 5.74. The molecule has 4 aromatic rings. The van der Waals surface area contributed by atoms with Crippen molar-refractivity contribution >= 4 is 27.5 Å². The summed E-state index contributed by atoms with van der Waals surface area (Å²) in [5.41, 5.74) is 6.25. The third kappa shape index (κ3) is 2.35. The molecule has 1 aliphatic heterocycles. The Bertz CT molecular complexity index is 1170. The van der Waals surface area contributed by atoms with Crippen LogP contribution in [0.4, 0.5) is 5.69 Å². The van der Waals surface area contributed by atoms with Gasteiger partial charge >= 0.3 is 0 Å². The number of rotatable bonds is 2. The number of nitrogens with zero attached hydrogens (tertiary/aromatic N) is 3. The number of fused-ring (bicyclic) bond motifs is 3. The molecule has 0 fully saturated rings. The summed E-state index contributed by atoms with van der Waals surface area (Å²) >= 11 is 0. The standard InChI is InChI=1S/C24H23N3/c1-17-15-21-20-11-7-8-12-22(20)27(19-9-5-4-6-10-19)24(21)16-23(17)26-14-13-25(3)18(26)2/h4-16,18H,1-3H3/t18-/m0/s1. The van der Waals surface area contributed by atoms with Gasteiger partial charge in [0.15, 0.2) is 0 Å². The van der Waals surface area contributed by atoms with Gasteiger partial charge in [0.05, 0.1) is 11.0 Å². The van der Waals surface area contributed by atoms with E-state index in [1.54, 1.807) is 0 Å². The zero-order chi connectivity index (χ0) is 18.5. The first kappa shape index (κ1) is 16.0. The Morgan fingerprint density at radius 3 is 2.26 bits per heavy atom. The highest BCUT2D eigenvalue weighted by molar-refractivity contribution is 6.10. The highest BCUT2D eigenvalue weighted by Gasteiger charge is 2.23. The second-order valence-electron chi connectivity index (χ2n) is 7.35. The van der Waals surface area contributed by atoms with Crippen molar-refractivity contribution in [3.8, 4) is 5.69 Å². The van der Waals surface area contributed by atoms with Gasteiger partial charge in [-0.15, -0.1) is 0 Å². The van der Waals surface area contributed by atoms with E-state index in [4.69, 9.17) is 0 Å². The molecule has 0 saturated carbocycles. The fourth-order valence-electron chi connectivity index (χ4n) is 4.15. The van der Waals surface area contributed by atoms with Crippen LogP contribution < -0.4 is 4.90 Å². The Labute approximate surface area is 159 Å². The molecule has 1 aromatic heterocycles. The van der Waals surface area contributed by atoms with Gasteiger partial charge in [-0.2, -0.15) is 0 Å². The lowest BCUT2D eigenvalue weighted by Gasteiger charge is -2.28. The van der Waals surface area contributed by atoms with Crippen LogP contribution in [0, 0.1) is 6.92 Å². The quantitative estimate of drug-likeness (QED) is 0.460. The summed E-state index contributed by atoms with van der Waals surface area (Å²) in [6.07, 6.45) is 4.63. The minimum atomic E-state index is 0.315. The van der Waals surface area contributed by atoms with Crippen LogP contribution in [0.1, 0.15) is 12.5 Å². The van der Waals surface area contributed by atoms with Gasteiger partial charge in [0, 0.05) is 41.6 Å². The first-order chi connectivity index (χ1) is 13.1. The normalized spacial score (nSPS) is 16.8. The van der Waals surface area contributed by atoms with Crippen LogP contribution in [0.15, 0.2) is 79.1 Å². The SMILES string of the molecule is Cc1cc2c3ccccc3n(-c3ccccc3)c2cc1N1C=CN(C)[C@@H]1C. The lowest BCUT2D eigenvalue weighted by Crippen LogP contribution is -2.33. The lowest BCUT2D eigenvalue weighted by atomic mass is 10.1. The van der Waals surface area contributed by atoms with Crippen molar-refractivity contribution in [2.24, 2.45) is 0 Å². The number of aromatic nitrogens is 1. The minimum absolute atomic E-state index is 0.315. The molecule has 0 radical (unpaired) electrons. The minimum Gasteiger partial charge on any atom is -0.359 e. The molecule has 0 amide bonds. The van der Waals surface area contributed by atoms with E-state index in [0.717, 1.165) is 0 Å². The number of hydrogen-bond acceptors (Lipinski definition) is 2. The van der Waals surface area contributed by atoms with E-state index in [2.05, 4.69) is 114 Å². The van der Waals surface area contributed by atoms with Crippen LogP contribution in [-0.2, 0) is 0 Å². The van der Waals surface area contributed by atoms with E-state index < -0.39 is 0 Å². The number of benzene rings is 3. The molecule has 5 rings (SSSR count). The second kappa shape index (κ2) is 5.92. The van der Waals surface area contributed by atoms with Crippen LogP contribution in [-0.4, -0.2) is 22.7 Å². The van der Waals surface area contributed by atoms with E-state index >= 15 is 0 Å². The van der Waals surface area contributed by atoms with Crippen LogP contribution in [0.3, 0.4) is 0 Å². The van der Waals surface area contributed by atoms with Gasteiger partial charge in [-0.1, -0.05) is 36.4 Å². The molecular weight excluding hydrogens is 330 g/mol. The van der Waals surface area contributed by atoms with Gasteiger partial charge in [-0.05, 0) is 49.7 Å². The maximum atomic E-state index is 2.38. The van der Waals surface area contributed by atoms with Crippen LogP contribution in [0.5, 0.6) is 0 Å². The van der Waals surface area contributed by atoms with Gasteiger partial charge < -0.3 is 14.4 Å². The van der Waals surface area contributed by atoms with Crippen molar-refractivity contribution in [1.82, 2.24) is 9.47 Å². The summed E-state index contributed by atoms with van der Waals surface area (Å²) in [6, 6.07) is 24.0. The van der Waals surface area contributed by atoms with Crippen LogP contribution >= 0.6 is 0 Å². The molecule has 3 nitrogen and oxygen atoms in total. The summed E-state index contributed by atoms with van der Waals surface area (Å²) in [7, 11) is 2.12. The fourth-order valence-corrected chi connectivity index (χ4v) is 4.15. The third-order valence-corrected chi connectivity index (χ3v) is 5.74. The van der Waals surface area contributed by atoms with Crippen molar-refractivity contribution in [3.63, 3.8) is 0 Å². The van der Waals surface area contributed by atoms with Crippen LogP contribution in [0.2, 0.25) is 0 Å². The molecule has 3 heteroatoms. The average Bonchev–Trinajstić information content (AvgIpc) is 3.19.